The lowest BCUT2D eigenvalue weighted by molar-refractivity contribution is -0.384. The minimum absolute atomic E-state index is 0.282. The van der Waals surface area contributed by atoms with Crippen LogP contribution < -0.4 is 5.32 Å². The summed E-state index contributed by atoms with van der Waals surface area (Å²) in [5.74, 6) is -2.95. The van der Waals surface area contributed by atoms with Gasteiger partial charge >= 0.3 is 0 Å². The van der Waals surface area contributed by atoms with Crippen LogP contribution in [0.3, 0.4) is 0 Å². The fourth-order valence-electron chi connectivity index (χ4n) is 1.50. The van der Waals surface area contributed by atoms with Gasteiger partial charge in [-0.2, -0.15) is 5.26 Å². The molecule has 0 bridgehead atoms. The number of nitriles is 1. The van der Waals surface area contributed by atoms with Gasteiger partial charge in [-0.15, -0.1) is 0 Å². The molecular formula is C12H12FN3O3. The summed E-state index contributed by atoms with van der Waals surface area (Å²) in [4.78, 5) is 21.7. The summed E-state index contributed by atoms with van der Waals surface area (Å²) in [6.45, 7) is 3.31. The Bertz CT molecular complexity index is 552. The number of nitro benzene ring substituents is 1. The number of nitrogens with one attached hydrogen (secondary N) is 1. The van der Waals surface area contributed by atoms with Crippen LogP contribution in [0.4, 0.5) is 15.8 Å². The van der Waals surface area contributed by atoms with E-state index >= 15 is 0 Å². The quantitative estimate of drug-likeness (QED) is 0.668. The summed E-state index contributed by atoms with van der Waals surface area (Å²) < 4.78 is 13.5. The third-order valence-corrected chi connectivity index (χ3v) is 2.52. The average molecular weight is 265 g/mol. The van der Waals surface area contributed by atoms with Gasteiger partial charge in [-0.1, -0.05) is 19.9 Å². The Morgan fingerprint density at radius 1 is 1.53 bits per heavy atom. The number of amides is 1. The Kier molecular flexibility index (Phi) is 4.53. The smallest absolute Gasteiger partial charge is 0.295 e. The van der Waals surface area contributed by atoms with E-state index in [1.165, 1.54) is 6.07 Å². The molecule has 0 spiro atoms. The zero-order valence-electron chi connectivity index (χ0n) is 10.4. The number of carbonyl (C=O) groups is 1. The van der Waals surface area contributed by atoms with Crippen LogP contribution in [0.1, 0.15) is 13.8 Å². The van der Waals surface area contributed by atoms with E-state index in [0.29, 0.717) is 0 Å². The number of carbonyl (C=O) groups excluding carboxylic acids is 1. The maximum Gasteiger partial charge on any atom is 0.295 e. The molecule has 1 amide bonds. The van der Waals surface area contributed by atoms with Crippen LogP contribution in [0.5, 0.6) is 0 Å². The molecule has 0 aliphatic carbocycles. The Morgan fingerprint density at radius 2 is 2.16 bits per heavy atom. The van der Waals surface area contributed by atoms with E-state index in [1.807, 2.05) is 0 Å². The lowest BCUT2D eigenvalue weighted by Crippen LogP contribution is -2.26. The first kappa shape index (κ1) is 14.6. The van der Waals surface area contributed by atoms with Crippen molar-refractivity contribution < 1.29 is 14.1 Å². The fraction of sp³-hybridized carbons (Fsp3) is 0.333. The number of para-hydroxylation sites is 1. The van der Waals surface area contributed by atoms with E-state index in [4.69, 9.17) is 5.26 Å². The van der Waals surface area contributed by atoms with Gasteiger partial charge in [-0.05, 0) is 12.0 Å². The van der Waals surface area contributed by atoms with E-state index in [1.54, 1.807) is 19.9 Å². The largest absolute Gasteiger partial charge is 0.317 e. The minimum atomic E-state index is -1.00. The van der Waals surface area contributed by atoms with Gasteiger partial charge in [0.25, 0.3) is 5.69 Å². The van der Waals surface area contributed by atoms with Gasteiger partial charge in [0.05, 0.1) is 11.0 Å². The van der Waals surface area contributed by atoms with Crippen LogP contribution in [0, 0.1) is 39.1 Å². The highest BCUT2D eigenvalue weighted by molar-refractivity contribution is 5.96. The van der Waals surface area contributed by atoms with Crippen LogP contribution in [0.25, 0.3) is 0 Å². The summed E-state index contributed by atoms with van der Waals surface area (Å²) in [5, 5.41) is 21.7. The SMILES string of the molecule is CC(C)C(C#N)C(=O)Nc1c(F)cccc1[N+](=O)[O-]. The summed E-state index contributed by atoms with van der Waals surface area (Å²) in [5.41, 5.74) is -1.06. The first-order valence-electron chi connectivity index (χ1n) is 5.51. The van der Waals surface area contributed by atoms with E-state index in [9.17, 15) is 19.3 Å². The van der Waals surface area contributed by atoms with Crippen molar-refractivity contribution in [3.8, 4) is 6.07 Å². The maximum atomic E-state index is 13.5. The van der Waals surface area contributed by atoms with Crippen LogP contribution in [0.2, 0.25) is 0 Å². The Hall–Kier alpha value is -2.49. The molecule has 0 aliphatic rings. The molecule has 0 fully saturated rings. The Morgan fingerprint density at radius 3 is 2.63 bits per heavy atom. The third-order valence-electron chi connectivity index (χ3n) is 2.52. The first-order chi connectivity index (χ1) is 8.88. The second kappa shape index (κ2) is 5.91. The molecule has 1 aromatic rings. The number of hydrogen-bond acceptors (Lipinski definition) is 4. The van der Waals surface area contributed by atoms with Crippen molar-refractivity contribution >= 4 is 17.3 Å². The highest BCUT2D eigenvalue weighted by Crippen LogP contribution is 2.27. The lowest BCUT2D eigenvalue weighted by Gasteiger charge is -2.13. The standard InChI is InChI=1S/C12H12FN3O3/c1-7(2)8(6-14)12(17)15-11-9(13)4-3-5-10(11)16(18)19/h3-5,7-8H,1-2H3,(H,15,17). The summed E-state index contributed by atoms with van der Waals surface area (Å²) in [6, 6.07) is 5.04. The molecule has 0 aliphatic heterocycles. The summed E-state index contributed by atoms with van der Waals surface area (Å²) in [6.07, 6.45) is 0. The zero-order valence-corrected chi connectivity index (χ0v) is 10.4. The zero-order chi connectivity index (χ0) is 14.6. The van der Waals surface area contributed by atoms with E-state index in [0.717, 1.165) is 12.1 Å². The number of halogens is 1. The predicted molar refractivity (Wildman–Crippen MR) is 65.6 cm³/mol. The molecule has 1 N–H and O–H groups in total. The van der Waals surface area contributed by atoms with Crippen molar-refractivity contribution in [2.75, 3.05) is 5.32 Å². The molecule has 1 aromatic carbocycles. The molecule has 0 aromatic heterocycles. The van der Waals surface area contributed by atoms with Crippen LogP contribution in [-0.4, -0.2) is 10.8 Å². The number of anilines is 1. The van der Waals surface area contributed by atoms with Gasteiger partial charge in [0.2, 0.25) is 5.91 Å². The molecule has 0 heterocycles. The predicted octanol–water partition coefficient (Wildman–Crippen LogP) is 2.47. The minimum Gasteiger partial charge on any atom is -0.317 e. The van der Waals surface area contributed by atoms with Crippen LogP contribution in [-0.2, 0) is 4.79 Å². The van der Waals surface area contributed by atoms with Crippen molar-refractivity contribution in [3.05, 3.63) is 34.1 Å². The Balaban J connectivity index is 3.10. The third kappa shape index (κ3) is 3.25. The molecule has 19 heavy (non-hydrogen) atoms. The van der Waals surface area contributed by atoms with Gasteiger partial charge in [0.15, 0.2) is 11.5 Å². The molecule has 1 unspecified atom stereocenters. The van der Waals surface area contributed by atoms with Crippen molar-refractivity contribution in [2.45, 2.75) is 13.8 Å². The van der Waals surface area contributed by atoms with Gasteiger partial charge < -0.3 is 5.32 Å². The van der Waals surface area contributed by atoms with Crippen molar-refractivity contribution in [1.82, 2.24) is 0 Å². The molecular weight excluding hydrogens is 253 g/mol. The van der Waals surface area contributed by atoms with E-state index in [-0.39, 0.29) is 5.92 Å². The second-order valence-electron chi connectivity index (χ2n) is 4.23. The van der Waals surface area contributed by atoms with Crippen LogP contribution >= 0.6 is 0 Å². The molecule has 0 saturated heterocycles. The average Bonchev–Trinajstić information content (AvgIpc) is 2.31. The van der Waals surface area contributed by atoms with Gasteiger partial charge in [0, 0.05) is 6.07 Å². The molecule has 100 valence electrons. The van der Waals surface area contributed by atoms with Crippen molar-refractivity contribution in [2.24, 2.45) is 11.8 Å². The monoisotopic (exact) mass is 265 g/mol. The molecule has 1 atom stereocenters. The number of rotatable bonds is 4. The van der Waals surface area contributed by atoms with Crippen LogP contribution in [0.15, 0.2) is 18.2 Å². The van der Waals surface area contributed by atoms with Gasteiger partial charge in [0.1, 0.15) is 5.92 Å². The maximum absolute atomic E-state index is 13.5. The number of benzene rings is 1. The lowest BCUT2D eigenvalue weighted by atomic mass is 9.96. The number of nitro groups is 1. The highest BCUT2D eigenvalue weighted by atomic mass is 19.1. The fourth-order valence-corrected chi connectivity index (χ4v) is 1.50. The molecule has 6 nitrogen and oxygen atoms in total. The summed E-state index contributed by atoms with van der Waals surface area (Å²) >= 11 is 0. The first-order valence-corrected chi connectivity index (χ1v) is 5.51. The van der Waals surface area contributed by atoms with Gasteiger partial charge in [-0.3, -0.25) is 14.9 Å². The molecule has 7 heteroatoms. The number of hydrogen-bond donors (Lipinski definition) is 1. The molecule has 0 radical (unpaired) electrons. The molecule has 0 saturated carbocycles. The normalized spacial score (nSPS) is 11.7. The van der Waals surface area contributed by atoms with E-state index < -0.39 is 33.9 Å². The van der Waals surface area contributed by atoms with Gasteiger partial charge in [-0.25, -0.2) is 4.39 Å². The summed E-state index contributed by atoms with van der Waals surface area (Å²) in [7, 11) is 0. The van der Waals surface area contributed by atoms with E-state index in [2.05, 4.69) is 5.32 Å². The second-order valence-corrected chi connectivity index (χ2v) is 4.23. The van der Waals surface area contributed by atoms with Crippen molar-refractivity contribution in [1.29, 1.82) is 5.26 Å². The number of nitrogens with zero attached hydrogens (tertiary/aromatic N) is 2. The Labute approximate surface area is 109 Å². The molecule has 1 rings (SSSR count). The topological polar surface area (TPSA) is 96.0 Å². The highest BCUT2D eigenvalue weighted by Gasteiger charge is 2.26. The van der Waals surface area contributed by atoms with Crippen molar-refractivity contribution in [3.63, 3.8) is 0 Å².